The van der Waals surface area contributed by atoms with Crippen LogP contribution in [0.3, 0.4) is 0 Å². The quantitative estimate of drug-likeness (QED) is 0.707. The number of nitrogens with zero attached hydrogens (tertiary/aromatic N) is 2. The summed E-state index contributed by atoms with van der Waals surface area (Å²) in [6.07, 6.45) is 6.69. The van der Waals surface area contributed by atoms with Crippen LogP contribution in [-0.2, 0) is 0 Å². The number of aliphatic hydroxyl groups excluding tert-OH is 1. The minimum atomic E-state index is -0.361. The molecule has 1 aliphatic rings. The number of anilines is 1. The van der Waals surface area contributed by atoms with Crippen LogP contribution in [-0.4, -0.2) is 27.2 Å². The predicted molar refractivity (Wildman–Crippen MR) is 105 cm³/mol. The van der Waals surface area contributed by atoms with Crippen LogP contribution in [0.5, 0.6) is 0 Å². The van der Waals surface area contributed by atoms with Crippen molar-refractivity contribution in [1.29, 1.82) is 0 Å². The first kappa shape index (κ1) is 17.6. The van der Waals surface area contributed by atoms with Crippen LogP contribution in [0.2, 0.25) is 0 Å². The van der Waals surface area contributed by atoms with E-state index in [1.165, 1.54) is 0 Å². The zero-order valence-electron chi connectivity index (χ0n) is 15.0. The number of halogens is 1. The van der Waals surface area contributed by atoms with E-state index in [2.05, 4.69) is 15.3 Å². The first-order valence-corrected chi connectivity index (χ1v) is 9.33. The Morgan fingerprint density at radius 1 is 0.889 bits per heavy atom. The van der Waals surface area contributed by atoms with E-state index in [4.69, 9.17) is 0 Å². The largest absolute Gasteiger partial charge is 0.391 e. The van der Waals surface area contributed by atoms with Gasteiger partial charge in [-0.1, -0.05) is 55.3 Å². The fourth-order valence-electron chi connectivity index (χ4n) is 3.58. The van der Waals surface area contributed by atoms with Gasteiger partial charge in [0.15, 0.2) is 0 Å². The summed E-state index contributed by atoms with van der Waals surface area (Å²) in [7, 11) is 0. The highest BCUT2D eigenvalue weighted by molar-refractivity contribution is 5.72. The highest BCUT2D eigenvalue weighted by atomic mass is 19.1. The van der Waals surface area contributed by atoms with Gasteiger partial charge in [0.2, 0.25) is 0 Å². The van der Waals surface area contributed by atoms with Crippen LogP contribution in [0.4, 0.5) is 10.2 Å². The molecule has 1 aliphatic carbocycles. The summed E-state index contributed by atoms with van der Waals surface area (Å²) >= 11 is 0. The molecule has 0 bridgehead atoms. The van der Waals surface area contributed by atoms with Gasteiger partial charge in [-0.25, -0.2) is 9.37 Å². The molecule has 0 radical (unpaired) electrons. The normalized spacial score (nSPS) is 19.6. The summed E-state index contributed by atoms with van der Waals surface area (Å²) in [4.78, 5) is 8.76. The first-order valence-electron chi connectivity index (χ1n) is 9.33. The number of aromatic nitrogens is 2. The lowest BCUT2D eigenvalue weighted by Crippen LogP contribution is -2.36. The maximum Gasteiger partial charge on any atom is 0.144 e. The number of benzene rings is 2. The first-order chi connectivity index (χ1) is 13.2. The van der Waals surface area contributed by atoms with Crippen LogP contribution in [0, 0.1) is 5.82 Å². The molecular weight excluding hydrogens is 341 g/mol. The van der Waals surface area contributed by atoms with Crippen molar-refractivity contribution in [3.05, 3.63) is 66.7 Å². The van der Waals surface area contributed by atoms with Crippen molar-refractivity contribution in [2.24, 2.45) is 0 Å². The lowest BCUT2D eigenvalue weighted by Gasteiger charge is -2.28. The van der Waals surface area contributed by atoms with Crippen molar-refractivity contribution in [2.75, 3.05) is 5.32 Å². The van der Waals surface area contributed by atoms with Crippen LogP contribution in [0.1, 0.15) is 25.7 Å². The van der Waals surface area contributed by atoms with E-state index in [0.717, 1.165) is 31.2 Å². The highest BCUT2D eigenvalue weighted by Crippen LogP contribution is 2.30. The Balaban J connectivity index is 1.57. The molecule has 1 fully saturated rings. The average Bonchev–Trinajstić information content (AvgIpc) is 2.71. The van der Waals surface area contributed by atoms with E-state index in [0.29, 0.717) is 22.6 Å². The minimum Gasteiger partial charge on any atom is -0.391 e. The van der Waals surface area contributed by atoms with E-state index in [1.54, 1.807) is 24.5 Å². The maximum atomic E-state index is 15.1. The fraction of sp³-hybridized carbons (Fsp3) is 0.273. The molecule has 4 rings (SSSR count). The molecule has 0 amide bonds. The van der Waals surface area contributed by atoms with E-state index < -0.39 is 0 Å². The molecule has 0 spiro atoms. The average molecular weight is 363 g/mol. The summed E-state index contributed by atoms with van der Waals surface area (Å²) in [5, 5.41) is 13.3. The van der Waals surface area contributed by atoms with Crippen molar-refractivity contribution >= 4 is 5.82 Å². The minimum absolute atomic E-state index is 0.00274. The Morgan fingerprint density at radius 3 is 2.41 bits per heavy atom. The smallest absolute Gasteiger partial charge is 0.144 e. The van der Waals surface area contributed by atoms with Gasteiger partial charge in [0.1, 0.15) is 11.6 Å². The van der Waals surface area contributed by atoms with Gasteiger partial charge in [-0.15, -0.1) is 0 Å². The Kier molecular flexibility index (Phi) is 5.12. The van der Waals surface area contributed by atoms with Crippen molar-refractivity contribution < 1.29 is 9.50 Å². The molecule has 4 nitrogen and oxygen atoms in total. The van der Waals surface area contributed by atoms with Crippen LogP contribution >= 0.6 is 0 Å². The van der Waals surface area contributed by atoms with Gasteiger partial charge < -0.3 is 10.4 Å². The van der Waals surface area contributed by atoms with Crippen LogP contribution in [0.15, 0.2) is 60.9 Å². The van der Waals surface area contributed by atoms with Crippen LogP contribution in [0.25, 0.3) is 22.4 Å². The van der Waals surface area contributed by atoms with Crippen molar-refractivity contribution in [3.8, 4) is 22.4 Å². The van der Waals surface area contributed by atoms with Gasteiger partial charge in [0.05, 0.1) is 30.2 Å². The Morgan fingerprint density at radius 2 is 1.67 bits per heavy atom. The van der Waals surface area contributed by atoms with E-state index in [9.17, 15) is 5.11 Å². The second-order valence-corrected chi connectivity index (χ2v) is 6.92. The zero-order chi connectivity index (χ0) is 18.6. The molecule has 0 aliphatic heterocycles. The third kappa shape index (κ3) is 3.83. The molecule has 3 aromatic rings. The SMILES string of the molecule is O[C@@H]1CCCC[C@H]1Nc1cnc(-c2cccc(-c3ccccc3)c2F)cn1. The van der Waals surface area contributed by atoms with Crippen LogP contribution < -0.4 is 5.32 Å². The second kappa shape index (κ2) is 7.84. The van der Waals surface area contributed by atoms with Gasteiger partial charge in [0.25, 0.3) is 0 Å². The summed E-state index contributed by atoms with van der Waals surface area (Å²) in [5.74, 6) is 0.297. The van der Waals surface area contributed by atoms with Gasteiger partial charge >= 0.3 is 0 Å². The lowest BCUT2D eigenvalue weighted by molar-refractivity contribution is 0.116. The molecule has 138 valence electrons. The third-order valence-electron chi connectivity index (χ3n) is 5.07. The van der Waals surface area contributed by atoms with Gasteiger partial charge in [-0.05, 0) is 24.5 Å². The fourth-order valence-corrected chi connectivity index (χ4v) is 3.58. The maximum absolute atomic E-state index is 15.1. The number of hydrogen-bond donors (Lipinski definition) is 2. The van der Waals surface area contributed by atoms with Crippen molar-refractivity contribution in [1.82, 2.24) is 9.97 Å². The molecule has 0 saturated heterocycles. The monoisotopic (exact) mass is 363 g/mol. The summed E-state index contributed by atoms with van der Waals surface area (Å²) in [5.41, 5.74) is 2.28. The van der Waals surface area contributed by atoms with Gasteiger partial charge in [0, 0.05) is 11.1 Å². The molecular formula is C22H22FN3O. The lowest BCUT2D eigenvalue weighted by atomic mass is 9.93. The molecule has 2 atom stereocenters. The van der Waals surface area contributed by atoms with Crippen molar-refractivity contribution in [2.45, 2.75) is 37.8 Å². The molecule has 2 N–H and O–H groups in total. The van der Waals surface area contributed by atoms with Gasteiger partial charge in [-0.2, -0.15) is 0 Å². The third-order valence-corrected chi connectivity index (χ3v) is 5.07. The molecule has 27 heavy (non-hydrogen) atoms. The molecule has 1 heterocycles. The summed E-state index contributed by atoms with van der Waals surface area (Å²) < 4.78 is 15.1. The number of rotatable bonds is 4. The molecule has 5 heteroatoms. The zero-order valence-corrected chi connectivity index (χ0v) is 15.0. The molecule has 0 unspecified atom stereocenters. The summed E-state index contributed by atoms with van der Waals surface area (Å²) in [6.45, 7) is 0. The highest BCUT2D eigenvalue weighted by Gasteiger charge is 2.23. The summed E-state index contributed by atoms with van der Waals surface area (Å²) in [6, 6.07) is 14.8. The van der Waals surface area contributed by atoms with Gasteiger partial charge in [-0.3, -0.25) is 4.98 Å². The van der Waals surface area contributed by atoms with E-state index in [1.807, 2.05) is 36.4 Å². The predicted octanol–water partition coefficient (Wildman–Crippen LogP) is 4.67. The Hall–Kier alpha value is -2.79. The Labute approximate surface area is 158 Å². The van der Waals surface area contributed by atoms with E-state index in [-0.39, 0.29) is 18.0 Å². The van der Waals surface area contributed by atoms with E-state index >= 15 is 4.39 Å². The topological polar surface area (TPSA) is 58.0 Å². The molecule has 1 aromatic heterocycles. The number of aliphatic hydroxyl groups is 1. The number of hydrogen-bond acceptors (Lipinski definition) is 4. The van der Waals surface area contributed by atoms with Crippen molar-refractivity contribution in [3.63, 3.8) is 0 Å². The Bertz CT molecular complexity index is 899. The second-order valence-electron chi connectivity index (χ2n) is 6.92. The molecule has 1 saturated carbocycles. The number of nitrogens with one attached hydrogen (secondary N) is 1. The molecule has 2 aromatic carbocycles. The standard InChI is InChI=1S/C22H22FN3O/c23-22-16(15-7-2-1-3-8-15)9-6-10-17(22)19-13-25-21(14-24-19)26-18-11-4-5-12-20(18)27/h1-3,6-10,13-14,18,20,27H,4-5,11-12H2,(H,25,26)/t18-,20-/m1/s1.